The van der Waals surface area contributed by atoms with Gasteiger partial charge < -0.3 is 14.2 Å². The Kier molecular flexibility index (Phi) is 6.25. The molecule has 2 unspecified atom stereocenters. The van der Waals surface area contributed by atoms with Crippen LogP contribution in [0.5, 0.6) is 0 Å². The summed E-state index contributed by atoms with van der Waals surface area (Å²) in [6, 6.07) is -0.739. The van der Waals surface area contributed by atoms with Crippen LogP contribution in [0.3, 0.4) is 0 Å². The molecule has 0 aromatic heterocycles. The molecule has 1 rings (SSSR count). The maximum Gasteiger partial charge on any atom is 0.411 e. The lowest BCUT2D eigenvalue weighted by molar-refractivity contribution is -0.156. The lowest BCUT2D eigenvalue weighted by atomic mass is 10.0. The van der Waals surface area contributed by atoms with Crippen molar-refractivity contribution < 1.29 is 28.6 Å². The molecule has 0 radical (unpaired) electrons. The van der Waals surface area contributed by atoms with Crippen LogP contribution in [0.2, 0.25) is 0 Å². The second-order valence-electron chi connectivity index (χ2n) is 8.06. The summed E-state index contributed by atoms with van der Waals surface area (Å²) in [6.45, 7) is 10.9. The maximum absolute atomic E-state index is 12.3. The van der Waals surface area contributed by atoms with Gasteiger partial charge in [0.1, 0.15) is 17.2 Å². The Bertz CT molecular complexity index is 488. The van der Waals surface area contributed by atoms with Crippen molar-refractivity contribution in [2.45, 2.75) is 71.6 Å². The van der Waals surface area contributed by atoms with Crippen LogP contribution in [0.1, 0.15) is 54.4 Å². The van der Waals surface area contributed by atoms with E-state index in [4.69, 9.17) is 14.2 Å². The Balaban J connectivity index is 2.78. The van der Waals surface area contributed by atoms with Crippen LogP contribution in [-0.2, 0) is 23.8 Å². The van der Waals surface area contributed by atoms with E-state index in [1.165, 1.54) is 12.0 Å². The summed E-state index contributed by atoms with van der Waals surface area (Å²) in [5.41, 5.74) is -1.23. The molecule has 2 atom stereocenters. The van der Waals surface area contributed by atoms with Crippen LogP contribution in [-0.4, -0.2) is 53.8 Å². The number of carbonyl (C=O) groups is 3. The predicted octanol–water partition coefficient (Wildman–Crippen LogP) is 2.52. The van der Waals surface area contributed by atoms with E-state index in [1.807, 2.05) is 0 Å². The number of hydrogen-bond donors (Lipinski definition) is 0. The average molecular weight is 343 g/mol. The summed E-state index contributed by atoms with van der Waals surface area (Å²) in [5.74, 6) is -1.02. The van der Waals surface area contributed by atoms with Gasteiger partial charge in [-0.25, -0.2) is 9.59 Å². The van der Waals surface area contributed by atoms with Gasteiger partial charge in [0.2, 0.25) is 0 Å². The molecule has 1 aliphatic heterocycles. The van der Waals surface area contributed by atoms with Gasteiger partial charge in [-0.3, -0.25) is 9.69 Å². The minimum Gasteiger partial charge on any atom is -0.467 e. The zero-order valence-electron chi connectivity index (χ0n) is 15.7. The minimum absolute atomic E-state index is 0.143. The highest BCUT2D eigenvalue weighted by atomic mass is 16.6. The first-order chi connectivity index (χ1) is 10.8. The number of methoxy groups -OCH3 is 1. The highest BCUT2D eigenvalue weighted by Crippen LogP contribution is 2.29. The van der Waals surface area contributed by atoms with E-state index in [0.717, 1.165) is 0 Å². The Morgan fingerprint density at radius 1 is 1.00 bits per heavy atom. The average Bonchev–Trinajstić information content (AvgIpc) is 2.77. The summed E-state index contributed by atoms with van der Waals surface area (Å²) in [4.78, 5) is 37.6. The fourth-order valence-corrected chi connectivity index (χ4v) is 2.57. The number of carbonyl (C=O) groups excluding carboxylic acids is 3. The summed E-state index contributed by atoms with van der Waals surface area (Å²) >= 11 is 0. The molecule has 0 aliphatic carbocycles. The second kappa shape index (κ2) is 7.40. The molecule has 0 aromatic rings. The Labute approximate surface area is 143 Å². The van der Waals surface area contributed by atoms with Crippen molar-refractivity contribution in [2.75, 3.05) is 13.7 Å². The van der Waals surface area contributed by atoms with Gasteiger partial charge >= 0.3 is 18.0 Å². The first-order valence-electron chi connectivity index (χ1n) is 8.11. The van der Waals surface area contributed by atoms with Crippen LogP contribution in [0.15, 0.2) is 0 Å². The van der Waals surface area contributed by atoms with Crippen LogP contribution in [0, 0.1) is 5.92 Å². The number of amides is 1. The maximum atomic E-state index is 12.3. The molecule has 24 heavy (non-hydrogen) atoms. The molecule has 0 spiro atoms. The molecule has 1 aliphatic rings. The molecular formula is C17H29NO6. The van der Waals surface area contributed by atoms with Crippen molar-refractivity contribution in [3.05, 3.63) is 0 Å². The van der Waals surface area contributed by atoms with Gasteiger partial charge in [-0.2, -0.15) is 0 Å². The lowest BCUT2D eigenvalue weighted by Crippen LogP contribution is -2.43. The Morgan fingerprint density at radius 3 is 2.00 bits per heavy atom. The first kappa shape index (κ1) is 20.3. The van der Waals surface area contributed by atoms with Gasteiger partial charge in [0.15, 0.2) is 0 Å². The molecule has 1 saturated heterocycles. The van der Waals surface area contributed by atoms with Crippen molar-refractivity contribution in [2.24, 2.45) is 5.92 Å². The van der Waals surface area contributed by atoms with Crippen molar-refractivity contribution in [3.63, 3.8) is 0 Å². The van der Waals surface area contributed by atoms with E-state index < -0.39 is 29.3 Å². The SMILES string of the molecule is COC(=O)C1CC(CC(=O)OC(C)(C)C)CN1C(=O)OC(C)(C)C. The molecule has 0 saturated carbocycles. The molecule has 7 heteroatoms. The summed E-state index contributed by atoms with van der Waals surface area (Å²) in [6.07, 6.45) is -0.0838. The molecule has 1 amide bonds. The molecule has 0 bridgehead atoms. The molecule has 138 valence electrons. The first-order valence-corrected chi connectivity index (χ1v) is 8.11. The van der Waals surface area contributed by atoms with Crippen LogP contribution in [0.4, 0.5) is 4.79 Å². The van der Waals surface area contributed by atoms with Gasteiger partial charge in [0.05, 0.1) is 13.5 Å². The van der Waals surface area contributed by atoms with Gasteiger partial charge in [0, 0.05) is 6.54 Å². The van der Waals surface area contributed by atoms with E-state index in [9.17, 15) is 14.4 Å². The van der Waals surface area contributed by atoms with E-state index in [2.05, 4.69) is 0 Å². The summed E-state index contributed by atoms with van der Waals surface area (Å²) in [7, 11) is 1.27. The Hall–Kier alpha value is -1.79. The van der Waals surface area contributed by atoms with E-state index >= 15 is 0 Å². The van der Waals surface area contributed by atoms with Gasteiger partial charge in [0.25, 0.3) is 0 Å². The topological polar surface area (TPSA) is 82.1 Å². The fraction of sp³-hybridized carbons (Fsp3) is 0.824. The summed E-state index contributed by atoms with van der Waals surface area (Å²) in [5, 5.41) is 0. The normalized spacial score (nSPS) is 21.4. The highest BCUT2D eigenvalue weighted by molar-refractivity contribution is 5.82. The zero-order valence-corrected chi connectivity index (χ0v) is 15.7. The fourth-order valence-electron chi connectivity index (χ4n) is 2.57. The third-order valence-electron chi connectivity index (χ3n) is 3.36. The number of likely N-dealkylation sites (tertiary alicyclic amines) is 1. The van der Waals surface area contributed by atoms with Gasteiger partial charge in [-0.1, -0.05) is 0 Å². The molecular weight excluding hydrogens is 314 g/mol. The second-order valence-corrected chi connectivity index (χ2v) is 8.06. The number of hydrogen-bond acceptors (Lipinski definition) is 6. The monoisotopic (exact) mass is 343 g/mol. The molecule has 1 fully saturated rings. The smallest absolute Gasteiger partial charge is 0.411 e. The highest BCUT2D eigenvalue weighted by Gasteiger charge is 2.43. The number of rotatable bonds is 3. The molecule has 0 aromatic carbocycles. The van der Waals surface area contributed by atoms with Crippen molar-refractivity contribution in [1.82, 2.24) is 4.90 Å². The number of ether oxygens (including phenoxy) is 3. The van der Waals surface area contributed by atoms with E-state index in [1.54, 1.807) is 41.5 Å². The van der Waals surface area contributed by atoms with Crippen molar-refractivity contribution in [1.29, 1.82) is 0 Å². The third kappa shape index (κ3) is 6.37. The van der Waals surface area contributed by atoms with Gasteiger partial charge in [-0.15, -0.1) is 0 Å². The molecule has 1 heterocycles. The minimum atomic E-state index is -0.739. The quantitative estimate of drug-likeness (QED) is 0.578. The summed E-state index contributed by atoms with van der Waals surface area (Å²) < 4.78 is 15.4. The van der Waals surface area contributed by atoms with Gasteiger partial charge in [-0.05, 0) is 53.9 Å². The van der Waals surface area contributed by atoms with Crippen LogP contribution >= 0.6 is 0 Å². The Morgan fingerprint density at radius 2 is 1.54 bits per heavy atom. The number of nitrogens with zero attached hydrogens (tertiary/aromatic N) is 1. The number of esters is 2. The molecule has 0 N–H and O–H groups in total. The van der Waals surface area contributed by atoms with Crippen LogP contribution in [0.25, 0.3) is 0 Å². The lowest BCUT2D eigenvalue weighted by Gasteiger charge is -2.27. The standard InChI is InChI=1S/C17H29NO6/c1-16(2,3)23-13(19)9-11-8-12(14(20)22-7)18(10-11)15(21)24-17(4,5)6/h11-12H,8-10H2,1-7H3. The van der Waals surface area contributed by atoms with E-state index in [0.29, 0.717) is 6.42 Å². The van der Waals surface area contributed by atoms with Crippen molar-refractivity contribution >= 4 is 18.0 Å². The zero-order chi connectivity index (χ0) is 18.7. The largest absolute Gasteiger partial charge is 0.467 e. The predicted molar refractivity (Wildman–Crippen MR) is 87.3 cm³/mol. The third-order valence-corrected chi connectivity index (χ3v) is 3.36. The van der Waals surface area contributed by atoms with E-state index in [-0.39, 0.29) is 24.9 Å². The molecule has 7 nitrogen and oxygen atoms in total. The van der Waals surface area contributed by atoms with Crippen molar-refractivity contribution in [3.8, 4) is 0 Å². The van der Waals surface area contributed by atoms with Crippen LogP contribution < -0.4 is 0 Å².